The molecule has 0 saturated heterocycles. The molecular weight excluding hydrogens is 238 g/mol. The Morgan fingerprint density at radius 1 is 1.28 bits per heavy atom. The summed E-state index contributed by atoms with van der Waals surface area (Å²) in [5.74, 6) is -2.93. The highest BCUT2D eigenvalue weighted by atomic mass is 16.6. The van der Waals surface area contributed by atoms with Gasteiger partial charge in [0.05, 0.1) is 17.7 Å². The monoisotopic (exact) mass is 247 g/mol. The molecule has 92 valence electrons. The van der Waals surface area contributed by atoms with Crippen LogP contribution in [0.15, 0.2) is 41.1 Å². The molecule has 0 saturated carbocycles. The van der Waals surface area contributed by atoms with E-state index in [2.05, 4.69) is 5.16 Å². The Labute approximate surface area is 102 Å². The van der Waals surface area contributed by atoms with Crippen LogP contribution in [0, 0.1) is 0 Å². The number of hydrogen-bond donors (Lipinski definition) is 2. The number of rotatable bonds is 3. The zero-order chi connectivity index (χ0) is 13.1. The van der Waals surface area contributed by atoms with Crippen LogP contribution >= 0.6 is 0 Å². The topological polar surface area (TPSA) is 96.2 Å². The van der Waals surface area contributed by atoms with Gasteiger partial charge in [-0.1, -0.05) is 23.4 Å². The number of benzene rings is 1. The lowest BCUT2D eigenvalue weighted by Crippen LogP contribution is -2.17. The fourth-order valence-corrected chi connectivity index (χ4v) is 1.71. The SMILES string of the molecule is O=C(O)/C=C(\C(=O)O)C1C=NOc2ccccc21. The first-order valence-electron chi connectivity index (χ1n) is 5.07. The van der Waals surface area contributed by atoms with Crippen molar-refractivity contribution in [2.45, 2.75) is 5.92 Å². The van der Waals surface area contributed by atoms with E-state index < -0.39 is 17.9 Å². The molecule has 1 heterocycles. The highest BCUT2D eigenvalue weighted by molar-refractivity contribution is 6.00. The Morgan fingerprint density at radius 3 is 2.67 bits per heavy atom. The van der Waals surface area contributed by atoms with Gasteiger partial charge in [-0.2, -0.15) is 0 Å². The fraction of sp³-hybridized carbons (Fsp3) is 0.0833. The predicted molar refractivity (Wildman–Crippen MR) is 61.7 cm³/mol. The van der Waals surface area contributed by atoms with Gasteiger partial charge < -0.3 is 15.1 Å². The molecule has 1 aromatic rings. The lowest BCUT2D eigenvalue weighted by atomic mass is 9.90. The van der Waals surface area contributed by atoms with Gasteiger partial charge >= 0.3 is 11.9 Å². The number of carbonyl (C=O) groups is 2. The number of aliphatic carboxylic acids is 2. The molecule has 0 amide bonds. The molecule has 6 heteroatoms. The van der Waals surface area contributed by atoms with Gasteiger partial charge in [-0.3, -0.25) is 0 Å². The molecule has 1 unspecified atom stereocenters. The summed E-state index contributed by atoms with van der Waals surface area (Å²) in [5.41, 5.74) is 0.310. The van der Waals surface area contributed by atoms with Gasteiger partial charge in [0.2, 0.25) is 0 Å². The minimum absolute atomic E-state index is 0.262. The minimum atomic E-state index is -1.32. The molecule has 2 rings (SSSR count). The molecule has 18 heavy (non-hydrogen) atoms. The average molecular weight is 247 g/mol. The van der Waals surface area contributed by atoms with E-state index in [1.54, 1.807) is 24.3 Å². The smallest absolute Gasteiger partial charge is 0.332 e. The third-order valence-corrected chi connectivity index (χ3v) is 2.48. The number of hydrogen-bond acceptors (Lipinski definition) is 4. The normalized spacial score (nSPS) is 17.8. The summed E-state index contributed by atoms with van der Waals surface area (Å²) in [6.07, 6.45) is 1.94. The van der Waals surface area contributed by atoms with Crippen LogP contribution in [0.3, 0.4) is 0 Å². The summed E-state index contributed by atoms with van der Waals surface area (Å²) >= 11 is 0. The Morgan fingerprint density at radius 2 is 2.00 bits per heavy atom. The van der Waals surface area contributed by atoms with Crippen LogP contribution in [-0.2, 0) is 9.59 Å². The first-order valence-corrected chi connectivity index (χ1v) is 5.07. The molecule has 0 fully saturated rings. The zero-order valence-electron chi connectivity index (χ0n) is 9.11. The first kappa shape index (κ1) is 11.8. The van der Waals surface area contributed by atoms with Gasteiger partial charge in [0.25, 0.3) is 0 Å². The van der Waals surface area contributed by atoms with Gasteiger partial charge in [-0.25, -0.2) is 9.59 Å². The molecule has 0 aromatic heterocycles. The second kappa shape index (κ2) is 4.70. The quantitative estimate of drug-likeness (QED) is 0.783. The molecular formula is C12H9NO5. The van der Waals surface area contributed by atoms with Gasteiger partial charge in [-0.15, -0.1) is 0 Å². The minimum Gasteiger partial charge on any atom is -0.478 e. The van der Waals surface area contributed by atoms with Crippen molar-refractivity contribution in [3.8, 4) is 5.75 Å². The molecule has 2 N–H and O–H groups in total. The summed E-state index contributed by atoms with van der Waals surface area (Å²) in [5, 5.41) is 21.4. The summed E-state index contributed by atoms with van der Waals surface area (Å²) in [6, 6.07) is 6.75. The van der Waals surface area contributed by atoms with E-state index in [1.807, 2.05) is 0 Å². The molecule has 1 aromatic carbocycles. The average Bonchev–Trinajstić information content (AvgIpc) is 2.35. The highest BCUT2D eigenvalue weighted by Gasteiger charge is 2.27. The standard InChI is InChI=1S/C12H9NO5/c14-11(15)5-8(12(16)17)9-6-13-18-10-4-2-1-3-7(9)10/h1-6,9H,(H,14,15)(H,16,17)/b8-5-. The van der Waals surface area contributed by atoms with Crippen molar-refractivity contribution in [1.82, 2.24) is 0 Å². The largest absolute Gasteiger partial charge is 0.478 e. The third kappa shape index (κ3) is 2.22. The van der Waals surface area contributed by atoms with Crippen LogP contribution in [0.4, 0.5) is 0 Å². The number of nitrogens with zero attached hydrogens (tertiary/aromatic N) is 1. The van der Waals surface area contributed by atoms with Gasteiger partial charge in [0.15, 0.2) is 5.75 Å². The van der Waals surface area contributed by atoms with E-state index in [1.165, 1.54) is 6.21 Å². The van der Waals surface area contributed by atoms with Crippen molar-refractivity contribution in [1.29, 1.82) is 0 Å². The van der Waals surface area contributed by atoms with Crippen molar-refractivity contribution >= 4 is 18.2 Å². The van der Waals surface area contributed by atoms with E-state index in [-0.39, 0.29) is 5.57 Å². The van der Waals surface area contributed by atoms with Crippen LogP contribution < -0.4 is 4.84 Å². The van der Waals surface area contributed by atoms with Crippen molar-refractivity contribution in [2.24, 2.45) is 5.16 Å². The summed E-state index contributed by atoms with van der Waals surface area (Å²) < 4.78 is 0. The summed E-state index contributed by atoms with van der Waals surface area (Å²) in [6.45, 7) is 0. The number of carboxylic acid groups (broad SMARTS) is 2. The van der Waals surface area contributed by atoms with E-state index in [0.717, 1.165) is 0 Å². The first-order chi connectivity index (χ1) is 8.59. The maximum Gasteiger partial charge on any atom is 0.332 e. The third-order valence-electron chi connectivity index (χ3n) is 2.48. The molecule has 0 spiro atoms. The van der Waals surface area contributed by atoms with E-state index >= 15 is 0 Å². The van der Waals surface area contributed by atoms with Crippen LogP contribution in [0.1, 0.15) is 11.5 Å². The lowest BCUT2D eigenvalue weighted by Gasteiger charge is -2.19. The number of oxime groups is 1. The molecule has 0 aliphatic carbocycles. The van der Waals surface area contributed by atoms with Gasteiger partial charge in [0.1, 0.15) is 0 Å². The summed E-state index contributed by atoms with van der Waals surface area (Å²) in [4.78, 5) is 26.8. The number of carboxylic acids is 2. The van der Waals surface area contributed by atoms with Crippen LogP contribution in [0.25, 0.3) is 0 Å². The highest BCUT2D eigenvalue weighted by Crippen LogP contribution is 2.33. The Bertz CT molecular complexity index is 561. The van der Waals surface area contributed by atoms with E-state index in [0.29, 0.717) is 17.4 Å². The molecule has 0 bridgehead atoms. The Kier molecular flexibility index (Phi) is 3.09. The predicted octanol–water partition coefficient (Wildman–Crippen LogP) is 1.24. The van der Waals surface area contributed by atoms with Crippen LogP contribution in [-0.4, -0.2) is 28.4 Å². The molecule has 0 radical (unpaired) electrons. The van der Waals surface area contributed by atoms with E-state index in [4.69, 9.17) is 15.1 Å². The molecule has 1 aliphatic heterocycles. The maximum absolute atomic E-state index is 11.1. The second-order valence-electron chi connectivity index (χ2n) is 3.60. The van der Waals surface area contributed by atoms with Crippen molar-refractivity contribution in [2.75, 3.05) is 0 Å². The van der Waals surface area contributed by atoms with Gasteiger partial charge in [0, 0.05) is 11.6 Å². The number of para-hydroxylation sites is 1. The van der Waals surface area contributed by atoms with Gasteiger partial charge in [-0.05, 0) is 6.07 Å². The Hall–Kier alpha value is -2.63. The molecule has 6 nitrogen and oxygen atoms in total. The van der Waals surface area contributed by atoms with Crippen molar-refractivity contribution < 1.29 is 24.6 Å². The lowest BCUT2D eigenvalue weighted by molar-refractivity contribution is -0.135. The number of fused-ring (bicyclic) bond motifs is 1. The molecule has 1 atom stereocenters. The second-order valence-corrected chi connectivity index (χ2v) is 3.60. The summed E-state index contributed by atoms with van der Waals surface area (Å²) in [7, 11) is 0. The maximum atomic E-state index is 11.1. The molecule has 1 aliphatic rings. The van der Waals surface area contributed by atoms with Crippen molar-refractivity contribution in [3.63, 3.8) is 0 Å². The Balaban J connectivity index is 2.49. The van der Waals surface area contributed by atoms with Crippen molar-refractivity contribution in [3.05, 3.63) is 41.5 Å². The van der Waals surface area contributed by atoms with E-state index in [9.17, 15) is 9.59 Å². The van der Waals surface area contributed by atoms with Crippen LogP contribution in [0.5, 0.6) is 5.75 Å². The zero-order valence-corrected chi connectivity index (χ0v) is 9.11. The van der Waals surface area contributed by atoms with Crippen LogP contribution in [0.2, 0.25) is 0 Å². The fourth-order valence-electron chi connectivity index (χ4n) is 1.71.